The van der Waals surface area contributed by atoms with E-state index in [1.54, 1.807) is 0 Å². The minimum Gasteiger partial charge on any atom is -0.465 e. The molecule has 1 saturated heterocycles. The third kappa shape index (κ3) is 4.44. The van der Waals surface area contributed by atoms with Gasteiger partial charge >= 0.3 is 18.4 Å². The van der Waals surface area contributed by atoms with E-state index in [1.165, 1.54) is 13.8 Å². The number of hydrogen-bond donors (Lipinski definition) is 2. The van der Waals surface area contributed by atoms with Crippen LogP contribution in [0.3, 0.4) is 0 Å². The van der Waals surface area contributed by atoms with Crippen molar-refractivity contribution in [3.8, 4) is 0 Å². The van der Waals surface area contributed by atoms with E-state index in [0.29, 0.717) is 11.1 Å². The van der Waals surface area contributed by atoms with Crippen LogP contribution in [0.2, 0.25) is 0 Å². The number of alkyl halides is 5. The smallest absolute Gasteiger partial charge is 0.434 e. The van der Waals surface area contributed by atoms with Crippen molar-refractivity contribution in [1.29, 1.82) is 0 Å². The Hall–Kier alpha value is -2.24. The van der Waals surface area contributed by atoms with E-state index in [2.05, 4.69) is 20.0 Å². The molecule has 0 radical (unpaired) electrons. The predicted octanol–water partition coefficient (Wildman–Crippen LogP) is 2.58. The van der Waals surface area contributed by atoms with E-state index in [1.807, 2.05) is 0 Å². The first-order valence-corrected chi connectivity index (χ1v) is 7.10. The summed E-state index contributed by atoms with van der Waals surface area (Å²) in [6.45, 7) is 1.23. The fraction of sp³-hybridized carbons (Fsp3) is 0.615. The number of ether oxygens (including phenoxy) is 1. The zero-order valence-electron chi connectivity index (χ0n) is 13.1. The van der Waals surface area contributed by atoms with E-state index in [0.717, 1.165) is 0 Å². The lowest BCUT2D eigenvalue weighted by atomic mass is 10.1. The van der Waals surface area contributed by atoms with Crippen LogP contribution in [0, 0.1) is 6.92 Å². The third-order valence-electron chi connectivity index (χ3n) is 3.62. The van der Waals surface area contributed by atoms with Gasteiger partial charge in [-0.3, -0.25) is 4.90 Å². The summed E-state index contributed by atoms with van der Waals surface area (Å²) in [6.07, 6.45) is -10.4. The number of anilines is 1. The SMILES string of the molecule is Cc1nc(C(F)(F)F)cnc1NCC1[C@H](C)OC(F)(F)CN1C(=O)O. The Kier molecular flexibility index (Phi) is 5.02. The maximum Gasteiger partial charge on any atom is 0.434 e. The summed E-state index contributed by atoms with van der Waals surface area (Å²) in [5, 5.41) is 11.7. The standard InChI is InChI=1S/C13H15F5N4O3/c1-6-10(20-4-9(21-6)13(16,17)18)19-3-8-7(2)25-12(14,15)5-22(8)11(23)24/h4,7-8H,3,5H2,1-2H3,(H,19,20)(H,23,24)/t7-,8?/m0/s1. The largest absolute Gasteiger partial charge is 0.465 e. The van der Waals surface area contributed by atoms with Gasteiger partial charge in [0, 0.05) is 6.54 Å². The van der Waals surface area contributed by atoms with Crippen molar-refractivity contribution in [2.45, 2.75) is 38.3 Å². The number of aryl methyl sites for hydroxylation is 1. The van der Waals surface area contributed by atoms with E-state index in [4.69, 9.17) is 5.11 Å². The highest BCUT2D eigenvalue weighted by Gasteiger charge is 2.47. The van der Waals surface area contributed by atoms with Crippen molar-refractivity contribution in [2.24, 2.45) is 0 Å². The maximum absolute atomic E-state index is 13.3. The highest BCUT2D eigenvalue weighted by atomic mass is 19.4. The molecule has 1 unspecified atom stereocenters. The number of amides is 1. The number of rotatable bonds is 3. The van der Waals surface area contributed by atoms with Crippen molar-refractivity contribution in [3.05, 3.63) is 17.6 Å². The van der Waals surface area contributed by atoms with Crippen LogP contribution >= 0.6 is 0 Å². The molecule has 1 aliphatic heterocycles. The number of morpholine rings is 1. The third-order valence-corrected chi connectivity index (χ3v) is 3.62. The lowest BCUT2D eigenvalue weighted by Gasteiger charge is -2.41. The van der Waals surface area contributed by atoms with Gasteiger partial charge in [0.25, 0.3) is 0 Å². The first-order chi connectivity index (χ1) is 11.4. The highest BCUT2D eigenvalue weighted by molar-refractivity contribution is 5.66. The molecule has 25 heavy (non-hydrogen) atoms. The molecule has 1 fully saturated rings. The fourth-order valence-electron chi connectivity index (χ4n) is 2.44. The average molecular weight is 370 g/mol. The van der Waals surface area contributed by atoms with Crippen LogP contribution in [0.25, 0.3) is 0 Å². The Morgan fingerprint density at radius 1 is 1.52 bits per heavy atom. The molecule has 0 aliphatic carbocycles. The molecule has 0 bridgehead atoms. The summed E-state index contributed by atoms with van der Waals surface area (Å²) in [6, 6.07) is -0.986. The van der Waals surface area contributed by atoms with Crippen LogP contribution in [0.15, 0.2) is 6.20 Å². The molecule has 1 aliphatic rings. The van der Waals surface area contributed by atoms with Gasteiger partial charge in [-0.2, -0.15) is 22.0 Å². The second-order valence-electron chi connectivity index (χ2n) is 5.51. The van der Waals surface area contributed by atoms with Crippen LogP contribution in [0.5, 0.6) is 0 Å². The van der Waals surface area contributed by atoms with E-state index in [9.17, 15) is 26.7 Å². The van der Waals surface area contributed by atoms with Gasteiger partial charge in [0.15, 0.2) is 5.69 Å². The molecule has 0 aromatic carbocycles. The van der Waals surface area contributed by atoms with Gasteiger partial charge < -0.3 is 15.2 Å². The predicted molar refractivity (Wildman–Crippen MR) is 74.3 cm³/mol. The second-order valence-corrected chi connectivity index (χ2v) is 5.51. The number of hydrogen-bond acceptors (Lipinski definition) is 5. The van der Waals surface area contributed by atoms with E-state index in [-0.39, 0.29) is 18.1 Å². The van der Waals surface area contributed by atoms with Gasteiger partial charge in [-0.1, -0.05) is 0 Å². The van der Waals surface area contributed by atoms with Crippen molar-refractivity contribution < 1.29 is 36.6 Å². The Labute approximate surface area is 138 Å². The van der Waals surface area contributed by atoms with Gasteiger partial charge in [-0.05, 0) is 13.8 Å². The van der Waals surface area contributed by atoms with Gasteiger partial charge in [0.1, 0.15) is 12.4 Å². The quantitative estimate of drug-likeness (QED) is 0.796. The zero-order valence-corrected chi connectivity index (χ0v) is 13.1. The van der Waals surface area contributed by atoms with Gasteiger partial charge in [0.05, 0.1) is 24.0 Å². The molecular formula is C13H15F5N4O3. The van der Waals surface area contributed by atoms with Crippen molar-refractivity contribution >= 4 is 11.9 Å². The second kappa shape index (κ2) is 6.58. The lowest BCUT2D eigenvalue weighted by Crippen LogP contribution is -2.60. The number of halogens is 5. The molecule has 0 spiro atoms. The van der Waals surface area contributed by atoms with Crippen LogP contribution < -0.4 is 5.32 Å². The topological polar surface area (TPSA) is 87.6 Å². The summed E-state index contributed by atoms with van der Waals surface area (Å²) < 4.78 is 68.9. The summed E-state index contributed by atoms with van der Waals surface area (Å²) in [5.41, 5.74) is -1.23. The van der Waals surface area contributed by atoms with Crippen molar-refractivity contribution in [2.75, 3.05) is 18.4 Å². The molecule has 140 valence electrons. The molecular weight excluding hydrogens is 355 g/mol. The average Bonchev–Trinajstić information content (AvgIpc) is 2.44. The minimum absolute atomic E-state index is 0.0112. The Morgan fingerprint density at radius 3 is 2.68 bits per heavy atom. The molecule has 2 rings (SSSR count). The van der Waals surface area contributed by atoms with E-state index < -0.39 is 42.8 Å². The number of nitrogens with one attached hydrogen (secondary N) is 1. The summed E-state index contributed by atoms with van der Waals surface area (Å²) in [7, 11) is 0. The number of carboxylic acid groups (broad SMARTS) is 1. The van der Waals surface area contributed by atoms with Crippen LogP contribution in [0.1, 0.15) is 18.3 Å². The molecule has 7 nitrogen and oxygen atoms in total. The summed E-state index contributed by atoms with van der Waals surface area (Å²) in [5.74, 6) is -0.0112. The monoisotopic (exact) mass is 370 g/mol. The molecule has 0 saturated carbocycles. The van der Waals surface area contributed by atoms with Crippen LogP contribution in [-0.4, -0.2) is 57.4 Å². The summed E-state index contributed by atoms with van der Waals surface area (Å²) >= 11 is 0. The van der Waals surface area contributed by atoms with Crippen LogP contribution in [0.4, 0.5) is 32.6 Å². The molecule has 2 N–H and O–H groups in total. The zero-order chi connectivity index (χ0) is 19.0. The van der Waals surface area contributed by atoms with Gasteiger partial charge in [-0.25, -0.2) is 14.8 Å². The van der Waals surface area contributed by atoms with Crippen LogP contribution in [-0.2, 0) is 10.9 Å². The van der Waals surface area contributed by atoms with Crippen molar-refractivity contribution in [1.82, 2.24) is 14.9 Å². The molecule has 2 heterocycles. The number of nitrogens with zero attached hydrogens (tertiary/aromatic N) is 3. The molecule has 1 aromatic heterocycles. The molecule has 1 amide bonds. The minimum atomic E-state index is -4.65. The van der Waals surface area contributed by atoms with Gasteiger partial charge in [-0.15, -0.1) is 0 Å². The Bertz CT molecular complexity index is 655. The maximum atomic E-state index is 13.3. The first-order valence-electron chi connectivity index (χ1n) is 7.10. The molecule has 2 atom stereocenters. The number of carbonyl (C=O) groups is 1. The molecule has 1 aromatic rings. The lowest BCUT2D eigenvalue weighted by molar-refractivity contribution is -0.299. The molecule has 12 heteroatoms. The normalized spacial score (nSPS) is 23.4. The van der Waals surface area contributed by atoms with E-state index >= 15 is 0 Å². The number of aromatic nitrogens is 2. The van der Waals surface area contributed by atoms with Gasteiger partial charge in [0.2, 0.25) is 0 Å². The first kappa shape index (κ1) is 19.1. The Morgan fingerprint density at radius 2 is 2.16 bits per heavy atom. The Balaban J connectivity index is 2.13. The fourth-order valence-corrected chi connectivity index (χ4v) is 2.44. The van der Waals surface area contributed by atoms with Crippen molar-refractivity contribution in [3.63, 3.8) is 0 Å². The summed E-state index contributed by atoms with van der Waals surface area (Å²) in [4.78, 5) is 18.7. The highest BCUT2D eigenvalue weighted by Crippen LogP contribution is 2.30.